The predicted octanol–water partition coefficient (Wildman–Crippen LogP) is 1.04. The molecule has 7 heteroatoms. The average molecular weight is 271 g/mol. The van der Waals surface area contributed by atoms with Gasteiger partial charge in [-0.25, -0.2) is 12.7 Å². The van der Waals surface area contributed by atoms with Crippen molar-refractivity contribution in [1.82, 2.24) is 4.31 Å². The summed E-state index contributed by atoms with van der Waals surface area (Å²) in [4.78, 5) is 11.8. The van der Waals surface area contributed by atoms with Crippen LogP contribution in [0.3, 0.4) is 0 Å². The van der Waals surface area contributed by atoms with Crippen LogP contribution in [0.25, 0.3) is 0 Å². The van der Waals surface area contributed by atoms with Crippen molar-refractivity contribution in [1.29, 1.82) is 0 Å². The first kappa shape index (κ1) is 12.7. The maximum Gasteiger partial charge on any atom is 0.269 e. The maximum atomic E-state index is 12.2. The van der Waals surface area contributed by atoms with E-state index >= 15 is 0 Å². The van der Waals surface area contributed by atoms with Gasteiger partial charge in [-0.2, -0.15) is 0 Å². The number of hydrogen-bond donors (Lipinski definition) is 2. The first-order valence-electron chi connectivity index (χ1n) is 5.22. The van der Waals surface area contributed by atoms with Crippen LogP contribution in [-0.2, 0) is 10.0 Å². The highest BCUT2D eigenvalue weighted by molar-refractivity contribution is 7.90. The van der Waals surface area contributed by atoms with Crippen LogP contribution in [0, 0.1) is 0 Å². The zero-order valence-electron chi connectivity index (χ0n) is 10.1. The summed E-state index contributed by atoms with van der Waals surface area (Å²) in [5.41, 5.74) is -1.04. The normalized spacial score (nSPS) is 17.9. The van der Waals surface area contributed by atoms with Crippen molar-refractivity contribution in [3.05, 3.63) is 17.7 Å². The van der Waals surface area contributed by atoms with Crippen molar-refractivity contribution in [3.63, 3.8) is 0 Å². The van der Waals surface area contributed by atoms with Crippen molar-refractivity contribution < 1.29 is 23.4 Å². The molecular weight excluding hydrogens is 258 g/mol. The lowest BCUT2D eigenvalue weighted by Crippen LogP contribution is -2.45. The third kappa shape index (κ3) is 1.54. The molecular formula is C11H13NO5S. The summed E-state index contributed by atoms with van der Waals surface area (Å²) >= 11 is 0. The van der Waals surface area contributed by atoms with Crippen LogP contribution in [0.15, 0.2) is 17.0 Å². The van der Waals surface area contributed by atoms with E-state index in [1.165, 1.54) is 0 Å². The van der Waals surface area contributed by atoms with Crippen LogP contribution in [0.4, 0.5) is 0 Å². The Morgan fingerprint density at radius 3 is 2.11 bits per heavy atom. The second-order valence-electron chi connectivity index (χ2n) is 5.08. The minimum atomic E-state index is -3.98. The van der Waals surface area contributed by atoms with E-state index in [1.807, 2.05) is 0 Å². The number of rotatable bonds is 0. The lowest BCUT2D eigenvalue weighted by atomic mass is 10.1. The molecule has 1 amide bonds. The van der Waals surface area contributed by atoms with Gasteiger partial charge in [0.2, 0.25) is 0 Å². The van der Waals surface area contributed by atoms with E-state index in [2.05, 4.69) is 0 Å². The fourth-order valence-electron chi connectivity index (χ4n) is 1.92. The molecule has 18 heavy (non-hydrogen) atoms. The van der Waals surface area contributed by atoms with E-state index in [9.17, 15) is 23.4 Å². The van der Waals surface area contributed by atoms with Gasteiger partial charge < -0.3 is 10.2 Å². The quantitative estimate of drug-likeness (QED) is 0.687. The second-order valence-corrected chi connectivity index (χ2v) is 6.84. The first-order valence-corrected chi connectivity index (χ1v) is 6.66. The third-order valence-corrected chi connectivity index (χ3v) is 4.71. The minimum absolute atomic E-state index is 0.125. The van der Waals surface area contributed by atoms with Gasteiger partial charge in [0.25, 0.3) is 15.9 Å². The molecule has 0 bridgehead atoms. The van der Waals surface area contributed by atoms with Crippen LogP contribution in [0.2, 0.25) is 0 Å². The fourth-order valence-corrected chi connectivity index (χ4v) is 3.84. The van der Waals surface area contributed by atoms with Crippen molar-refractivity contribution in [2.24, 2.45) is 0 Å². The van der Waals surface area contributed by atoms with E-state index in [0.717, 1.165) is 16.4 Å². The van der Waals surface area contributed by atoms with E-state index in [-0.39, 0.29) is 10.5 Å². The summed E-state index contributed by atoms with van der Waals surface area (Å²) in [5, 5.41) is 18.7. The lowest BCUT2D eigenvalue weighted by molar-refractivity contribution is 0.0787. The SMILES string of the molecule is CC(C)(C)N1C(=O)c2cc(O)c(O)cc2S1(=O)=O. The summed E-state index contributed by atoms with van der Waals surface area (Å²) in [7, 11) is -3.98. The average Bonchev–Trinajstić information content (AvgIpc) is 2.36. The van der Waals surface area contributed by atoms with Gasteiger partial charge in [-0.15, -0.1) is 0 Å². The summed E-state index contributed by atoms with van der Waals surface area (Å²) < 4.78 is 25.2. The molecule has 0 saturated heterocycles. The number of hydrogen-bond acceptors (Lipinski definition) is 5. The Balaban J connectivity index is 2.77. The Bertz CT molecular complexity index is 642. The monoisotopic (exact) mass is 271 g/mol. The summed E-state index contributed by atoms with van der Waals surface area (Å²) in [5.74, 6) is -1.79. The van der Waals surface area contributed by atoms with Crippen LogP contribution in [0.1, 0.15) is 31.1 Å². The van der Waals surface area contributed by atoms with Gasteiger partial charge in [-0.3, -0.25) is 4.79 Å². The molecule has 1 aromatic rings. The number of benzene rings is 1. The summed E-state index contributed by atoms with van der Waals surface area (Å²) in [6, 6.07) is 1.86. The highest BCUT2D eigenvalue weighted by Gasteiger charge is 2.47. The van der Waals surface area contributed by atoms with Gasteiger partial charge in [0.1, 0.15) is 4.90 Å². The molecule has 1 aliphatic heterocycles. The number of carbonyl (C=O) groups is 1. The molecule has 1 heterocycles. The number of carbonyl (C=O) groups excluding carboxylic acids is 1. The van der Waals surface area contributed by atoms with Crippen molar-refractivity contribution in [2.75, 3.05) is 0 Å². The predicted molar refractivity (Wildman–Crippen MR) is 62.9 cm³/mol. The van der Waals surface area contributed by atoms with Crippen LogP contribution in [-0.4, -0.2) is 34.4 Å². The van der Waals surface area contributed by atoms with Crippen molar-refractivity contribution >= 4 is 15.9 Å². The zero-order chi connectivity index (χ0) is 13.9. The standard InChI is InChI=1S/C11H13NO5S/c1-11(2,3)12-10(15)6-4-7(13)8(14)5-9(6)18(12,16)17/h4-5,13-14H,1-3H3. The van der Waals surface area contributed by atoms with Gasteiger partial charge in [0.05, 0.1) is 11.1 Å². The van der Waals surface area contributed by atoms with Gasteiger partial charge >= 0.3 is 0 Å². The molecule has 0 radical (unpaired) electrons. The molecule has 0 spiro atoms. The van der Waals surface area contributed by atoms with Gasteiger partial charge in [-0.1, -0.05) is 0 Å². The zero-order valence-corrected chi connectivity index (χ0v) is 10.9. The number of phenols is 2. The highest BCUT2D eigenvalue weighted by Crippen LogP contribution is 2.40. The Morgan fingerprint density at radius 1 is 1.11 bits per heavy atom. The van der Waals surface area contributed by atoms with Crippen LogP contribution in [0.5, 0.6) is 11.5 Å². The summed E-state index contributed by atoms with van der Waals surface area (Å²) in [6.07, 6.45) is 0. The third-order valence-electron chi connectivity index (χ3n) is 2.62. The Kier molecular flexibility index (Phi) is 2.38. The number of sulfonamides is 1. The Hall–Kier alpha value is -1.76. The summed E-state index contributed by atoms with van der Waals surface area (Å²) in [6.45, 7) is 4.77. The molecule has 98 valence electrons. The molecule has 2 rings (SSSR count). The molecule has 0 unspecified atom stereocenters. The lowest BCUT2D eigenvalue weighted by Gasteiger charge is -2.29. The van der Waals surface area contributed by atoms with Gasteiger partial charge in [-0.05, 0) is 26.8 Å². The topological polar surface area (TPSA) is 94.9 Å². The molecule has 0 saturated carbocycles. The van der Waals surface area contributed by atoms with E-state index in [1.54, 1.807) is 20.8 Å². The highest BCUT2D eigenvalue weighted by atomic mass is 32.2. The Morgan fingerprint density at radius 2 is 1.61 bits per heavy atom. The molecule has 0 aliphatic carbocycles. The number of aromatic hydroxyl groups is 2. The number of phenolic OH excluding ortho intramolecular Hbond substituents is 2. The molecule has 0 aromatic heterocycles. The van der Waals surface area contributed by atoms with Crippen molar-refractivity contribution in [3.8, 4) is 11.5 Å². The molecule has 1 aliphatic rings. The fraction of sp³-hybridized carbons (Fsp3) is 0.364. The minimum Gasteiger partial charge on any atom is -0.504 e. The number of fused-ring (bicyclic) bond motifs is 1. The molecule has 0 atom stereocenters. The number of nitrogens with zero attached hydrogens (tertiary/aromatic N) is 1. The van der Waals surface area contributed by atoms with Gasteiger partial charge in [0.15, 0.2) is 11.5 Å². The molecule has 0 fully saturated rings. The van der Waals surface area contributed by atoms with Crippen LogP contribution < -0.4 is 0 Å². The molecule has 2 N–H and O–H groups in total. The molecule has 6 nitrogen and oxygen atoms in total. The maximum absolute atomic E-state index is 12.2. The Labute approximate surface area is 105 Å². The van der Waals surface area contributed by atoms with Crippen molar-refractivity contribution in [2.45, 2.75) is 31.2 Å². The van der Waals surface area contributed by atoms with Gasteiger partial charge in [0, 0.05) is 6.07 Å². The molecule has 1 aromatic carbocycles. The van der Waals surface area contributed by atoms with E-state index in [0.29, 0.717) is 0 Å². The number of amides is 1. The largest absolute Gasteiger partial charge is 0.504 e. The van der Waals surface area contributed by atoms with Crippen LogP contribution >= 0.6 is 0 Å². The first-order chi connectivity index (χ1) is 8.06. The second kappa shape index (κ2) is 3.38. The smallest absolute Gasteiger partial charge is 0.269 e. The van der Waals surface area contributed by atoms with E-state index < -0.39 is 33.0 Å². The van der Waals surface area contributed by atoms with E-state index in [4.69, 9.17) is 0 Å².